The average molecular weight is 589 g/mol. The Kier molecular flexibility index (Phi) is 7.50. The smallest absolute Gasteiger partial charge is 0.375 e. The van der Waals surface area contributed by atoms with Crippen LogP contribution in [0.4, 0.5) is 26.3 Å². The molecule has 1 aromatic carbocycles. The number of nitrogens with zero attached hydrogens (tertiary/aromatic N) is 5. The summed E-state index contributed by atoms with van der Waals surface area (Å²) in [6, 6.07) is 5.17. The van der Waals surface area contributed by atoms with Crippen molar-refractivity contribution in [3.8, 4) is 5.69 Å². The Morgan fingerprint density at radius 1 is 1.15 bits per heavy atom. The second-order valence-corrected chi connectivity index (χ2v) is 11.8. The van der Waals surface area contributed by atoms with Gasteiger partial charge in [-0.1, -0.05) is 17.7 Å². The summed E-state index contributed by atoms with van der Waals surface area (Å²) in [5, 5.41) is 9.57. The summed E-state index contributed by atoms with van der Waals surface area (Å²) in [5.41, 5.74) is 4.40. The van der Waals surface area contributed by atoms with Gasteiger partial charge in [0.2, 0.25) is 0 Å². The molecule has 1 atom stereocenters. The standard InChI is InChI=1S/C27H31ClF6N6/c1-16(3-5-20(23(29)35)27(32,33)34)38-9-7-17(8-10-38)24-37-36-22-13-39(25(2)14-26(30,31)15-25)12-18-11-19(28)4-6-21(18)40(22)24/h3-6,11,16-17H,7-10,12-15,35H2,1-2H3/b5-3-,23-20+. The van der Waals surface area contributed by atoms with Crippen molar-refractivity contribution in [2.24, 2.45) is 5.73 Å². The molecule has 1 unspecified atom stereocenters. The molecule has 0 amide bonds. The van der Waals surface area contributed by atoms with Gasteiger partial charge in [-0.3, -0.25) is 14.4 Å². The quantitative estimate of drug-likeness (QED) is 0.254. The third kappa shape index (κ3) is 5.62. The minimum absolute atomic E-state index is 0.0273. The third-order valence-electron chi connectivity index (χ3n) is 8.35. The van der Waals surface area contributed by atoms with Gasteiger partial charge in [0.1, 0.15) is 11.4 Å². The summed E-state index contributed by atoms with van der Waals surface area (Å²) in [4.78, 5) is 4.05. The Hall–Kier alpha value is -2.57. The Labute approximate surface area is 233 Å². The SMILES string of the molecule is CC(/C=C\C(=C(/N)F)C(F)(F)F)N1CCC(c2nnc3n2-c2ccc(Cl)cc2CN(C2(C)CC(F)(F)C2)C3)CC1. The predicted molar refractivity (Wildman–Crippen MR) is 139 cm³/mol. The zero-order valence-corrected chi connectivity index (χ0v) is 22.9. The number of alkyl halides is 5. The number of allylic oxidation sites excluding steroid dienone is 2. The van der Waals surface area contributed by atoms with E-state index in [4.69, 9.17) is 17.3 Å². The summed E-state index contributed by atoms with van der Waals surface area (Å²) in [5.74, 6) is -2.98. The van der Waals surface area contributed by atoms with Crippen LogP contribution < -0.4 is 5.73 Å². The van der Waals surface area contributed by atoms with E-state index < -0.39 is 29.2 Å². The molecule has 6 nitrogen and oxygen atoms in total. The maximum absolute atomic E-state index is 13.9. The van der Waals surface area contributed by atoms with Gasteiger partial charge in [-0.25, -0.2) is 8.78 Å². The molecule has 1 aromatic heterocycles. The predicted octanol–water partition coefficient (Wildman–Crippen LogP) is 6.25. The van der Waals surface area contributed by atoms with Crippen LogP contribution in [0.15, 0.2) is 41.9 Å². The van der Waals surface area contributed by atoms with Crippen molar-refractivity contribution in [2.45, 2.75) is 82.2 Å². The molecule has 1 saturated heterocycles. The van der Waals surface area contributed by atoms with Crippen LogP contribution in [0.2, 0.25) is 5.02 Å². The highest BCUT2D eigenvalue weighted by Gasteiger charge is 2.57. The molecule has 0 radical (unpaired) electrons. The Balaban J connectivity index is 1.35. The molecular weight excluding hydrogens is 558 g/mol. The molecule has 13 heteroatoms. The first-order chi connectivity index (χ1) is 18.7. The van der Waals surface area contributed by atoms with E-state index in [1.54, 1.807) is 13.0 Å². The van der Waals surface area contributed by atoms with E-state index in [2.05, 4.69) is 10.2 Å². The zero-order valence-electron chi connectivity index (χ0n) is 22.2. The molecule has 0 bridgehead atoms. The Morgan fingerprint density at radius 2 is 1.82 bits per heavy atom. The van der Waals surface area contributed by atoms with Crippen molar-refractivity contribution >= 4 is 11.6 Å². The van der Waals surface area contributed by atoms with Gasteiger partial charge in [0.25, 0.3) is 5.92 Å². The van der Waals surface area contributed by atoms with E-state index in [9.17, 15) is 26.3 Å². The van der Waals surface area contributed by atoms with E-state index in [0.717, 1.165) is 17.1 Å². The molecule has 3 heterocycles. The number of piperidine rings is 1. The number of rotatable bonds is 5. The van der Waals surface area contributed by atoms with Gasteiger partial charge in [0, 0.05) is 41.9 Å². The maximum atomic E-state index is 13.9. The molecule has 3 aliphatic rings. The number of hydrogen-bond acceptors (Lipinski definition) is 5. The van der Waals surface area contributed by atoms with Gasteiger partial charge in [0.05, 0.1) is 12.2 Å². The van der Waals surface area contributed by atoms with Crippen molar-refractivity contribution in [1.29, 1.82) is 0 Å². The average Bonchev–Trinajstić information content (AvgIpc) is 3.17. The molecule has 218 valence electrons. The summed E-state index contributed by atoms with van der Waals surface area (Å²) in [7, 11) is 0. The summed E-state index contributed by atoms with van der Waals surface area (Å²) < 4.78 is 82.1. The molecule has 0 spiro atoms. The van der Waals surface area contributed by atoms with Crippen LogP contribution in [0, 0.1) is 0 Å². The van der Waals surface area contributed by atoms with Crippen molar-refractivity contribution in [3.63, 3.8) is 0 Å². The first-order valence-corrected chi connectivity index (χ1v) is 13.6. The van der Waals surface area contributed by atoms with Crippen molar-refractivity contribution in [2.75, 3.05) is 13.1 Å². The largest absolute Gasteiger partial charge is 0.420 e. The molecule has 2 fully saturated rings. The van der Waals surface area contributed by atoms with Gasteiger partial charge < -0.3 is 5.73 Å². The molecule has 40 heavy (non-hydrogen) atoms. The third-order valence-corrected chi connectivity index (χ3v) is 8.58. The lowest BCUT2D eigenvalue weighted by molar-refractivity contribution is -0.173. The van der Waals surface area contributed by atoms with Gasteiger partial charge >= 0.3 is 6.18 Å². The van der Waals surface area contributed by atoms with E-state index >= 15 is 0 Å². The number of benzene rings is 1. The van der Waals surface area contributed by atoms with Crippen LogP contribution in [-0.4, -0.2) is 61.3 Å². The van der Waals surface area contributed by atoms with E-state index in [-0.39, 0.29) is 24.8 Å². The molecule has 2 aromatic rings. The normalized spacial score (nSPS) is 23.2. The molecule has 5 rings (SSSR count). The molecular formula is C27H31ClF6N6. The number of halogens is 7. The van der Waals surface area contributed by atoms with Crippen LogP contribution in [0.3, 0.4) is 0 Å². The highest BCUT2D eigenvalue weighted by atomic mass is 35.5. The molecule has 2 N–H and O–H groups in total. The molecule has 1 saturated carbocycles. The van der Waals surface area contributed by atoms with Gasteiger partial charge in [0.15, 0.2) is 11.8 Å². The summed E-state index contributed by atoms with van der Waals surface area (Å²) in [6.07, 6.45) is -1.96. The lowest BCUT2D eigenvalue weighted by Crippen LogP contribution is -2.59. The fourth-order valence-electron chi connectivity index (χ4n) is 6.19. The van der Waals surface area contributed by atoms with Crippen LogP contribution in [-0.2, 0) is 13.1 Å². The lowest BCUT2D eigenvalue weighted by Gasteiger charge is -2.51. The number of hydrogen-bond donors (Lipinski definition) is 1. The van der Waals surface area contributed by atoms with Gasteiger partial charge in [-0.15, -0.1) is 10.2 Å². The minimum atomic E-state index is -4.87. The Morgan fingerprint density at radius 3 is 2.42 bits per heavy atom. The number of aromatic nitrogens is 3. The van der Waals surface area contributed by atoms with Crippen molar-refractivity contribution < 1.29 is 26.3 Å². The first-order valence-electron chi connectivity index (χ1n) is 13.2. The van der Waals surface area contributed by atoms with E-state index in [1.165, 1.54) is 6.08 Å². The van der Waals surface area contributed by atoms with Crippen LogP contribution >= 0.6 is 11.6 Å². The number of nitrogens with two attached hydrogens (primary N) is 1. The second-order valence-electron chi connectivity index (χ2n) is 11.3. The maximum Gasteiger partial charge on any atom is 0.420 e. The second kappa shape index (κ2) is 10.4. The molecule has 1 aliphatic carbocycles. The van der Waals surface area contributed by atoms with E-state index in [1.807, 2.05) is 33.4 Å². The van der Waals surface area contributed by atoms with E-state index in [0.29, 0.717) is 55.9 Å². The summed E-state index contributed by atoms with van der Waals surface area (Å²) >= 11 is 6.32. The van der Waals surface area contributed by atoms with Gasteiger partial charge in [-0.2, -0.15) is 17.6 Å². The summed E-state index contributed by atoms with van der Waals surface area (Å²) in [6.45, 7) is 5.58. The van der Waals surface area contributed by atoms with Crippen LogP contribution in [0.5, 0.6) is 0 Å². The monoisotopic (exact) mass is 588 g/mol. The van der Waals surface area contributed by atoms with Crippen molar-refractivity contribution in [1.82, 2.24) is 24.6 Å². The van der Waals surface area contributed by atoms with Gasteiger partial charge in [-0.05, 0) is 69.6 Å². The minimum Gasteiger partial charge on any atom is -0.375 e. The number of fused-ring (bicyclic) bond motifs is 3. The van der Waals surface area contributed by atoms with Crippen LogP contribution in [0.1, 0.15) is 62.7 Å². The highest BCUT2D eigenvalue weighted by molar-refractivity contribution is 6.30. The molecule has 2 aliphatic heterocycles. The van der Waals surface area contributed by atoms with Crippen molar-refractivity contribution in [3.05, 3.63) is 64.1 Å². The Bertz CT molecular complexity index is 1320. The first kappa shape index (κ1) is 28.9. The topological polar surface area (TPSA) is 63.2 Å². The number of likely N-dealkylation sites (tertiary alicyclic amines) is 1. The highest BCUT2D eigenvalue weighted by Crippen LogP contribution is 2.50. The fourth-order valence-corrected chi connectivity index (χ4v) is 6.38. The lowest BCUT2D eigenvalue weighted by atomic mass is 9.73. The van der Waals surface area contributed by atoms with Crippen LogP contribution in [0.25, 0.3) is 5.69 Å². The zero-order chi connectivity index (χ0) is 29.0. The fraction of sp³-hybridized carbons (Fsp3) is 0.556.